The molecule has 17 heavy (non-hydrogen) atoms. The lowest BCUT2D eigenvalue weighted by Crippen LogP contribution is -2.30. The van der Waals surface area contributed by atoms with Crippen molar-refractivity contribution in [2.45, 2.75) is 25.9 Å². The van der Waals surface area contributed by atoms with Gasteiger partial charge in [-0.3, -0.25) is 0 Å². The van der Waals surface area contributed by atoms with E-state index in [2.05, 4.69) is 49.9 Å². The van der Waals surface area contributed by atoms with Crippen molar-refractivity contribution < 1.29 is 4.74 Å². The molecule has 0 amide bonds. The van der Waals surface area contributed by atoms with E-state index in [1.165, 1.54) is 16.3 Å². The molecule has 1 aliphatic heterocycles. The first-order valence-electron chi connectivity index (χ1n) is 5.96. The van der Waals surface area contributed by atoms with E-state index in [1.54, 1.807) is 0 Å². The van der Waals surface area contributed by atoms with Crippen molar-refractivity contribution in [2.24, 2.45) is 0 Å². The van der Waals surface area contributed by atoms with Crippen LogP contribution in [0.3, 0.4) is 0 Å². The SMILES string of the molecule is C=C(C)[C@]1(C)Cc2c(ccc3ccccc23)O1. The minimum absolute atomic E-state index is 0.244. The number of benzene rings is 2. The summed E-state index contributed by atoms with van der Waals surface area (Å²) in [5.41, 5.74) is 2.15. The molecule has 0 aliphatic carbocycles. The van der Waals surface area contributed by atoms with E-state index in [4.69, 9.17) is 4.74 Å². The third-order valence-electron chi connectivity index (χ3n) is 3.75. The molecule has 1 atom stereocenters. The van der Waals surface area contributed by atoms with Gasteiger partial charge in [0.25, 0.3) is 0 Å². The van der Waals surface area contributed by atoms with Crippen LogP contribution in [0.5, 0.6) is 5.75 Å². The second-order valence-corrected chi connectivity index (χ2v) is 5.05. The van der Waals surface area contributed by atoms with Crippen LogP contribution in [0.4, 0.5) is 0 Å². The smallest absolute Gasteiger partial charge is 0.131 e. The summed E-state index contributed by atoms with van der Waals surface area (Å²) in [5, 5.41) is 2.58. The molecule has 0 saturated carbocycles. The summed E-state index contributed by atoms with van der Waals surface area (Å²) in [6, 6.07) is 12.7. The van der Waals surface area contributed by atoms with Gasteiger partial charge in [-0.15, -0.1) is 0 Å². The van der Waals surface area contributed by atoms with Crippen molar-refractivity contribution in [1.82, 2.24) is 0 Å². The lowest BCUT2D eigenvalue weighted by atomic mass is 9.91. The fourth-order valence-electron chi connectivity index (χ4n) is 2.45. The Morgan fingerprint density at radius 3 is 2.76 bits per heavy atom. The molecule has 0 unspecified atom stereocenters. The predicted molar refractivity (Wildman–Crippen MR) is 71.5 cm³/mol. The Morgan fingerprint density at radius 1 is 1.24 bits per heavy atom. The number of hydrogen-bond acceptors (Lipinski definition) is 1. The van der Waals surface area contributed by atoms with Crippen LogP contribution in [0.15, 0.2) is 48.6 Å². The van der Waals surface area contributed by atoms with Crippen molar-refractivity contribution in [3.63, 3.8) is 0 Å². The molecule has 1 heterocycles. The maximum atomic E-state index is 6.06. The Balaban J connectivity index is 2.20. The monoisotopic (exact) mass is 224 g/mol. The van der Waals surface area contributed by atoms with Gasteiger partial charge >= 0.3 is 0 Å². The van der Waals surface area contributed by atoms with Crippen molar-refractivity contribution in [2.75, 3.05) is 0 Å². The molecular formula is C16H16O. The van der Waals surface area contributed by atoms with E-state index in [0.717, 1.165) is 17.7 Å². The first kappa shape index (κ1) is 10.4. The van der Waals surface area contributed by atoms with Gasteiger partial charge in [0, 0.05) is 12.0 Å². The van der Waals surface area contributed by atoms with E-state index < -0.39 is 0 Å². The molecule has 1 aliphatic rings. The number of fused-ring (bicyclic) bond motifs is 3. The molecule has 0 aromatic heterocycles. The molecule has 0 spiro atoms. The van der Waals surface area contributed by atoms with Crippen LogP contribution in [0, 0.1) is 0 Å². The van der Waals surface area contributed by atoms with Gasteiger partial charge in [-0.2, -0.15) is 0 Å². The molecular weight excluding hydrogens is 208 g/mol. The van der Waals surface area contributed by atoms with E-state index in [9.17, 15) is 0 Å². The van der Waals surface area contributed by atoms with Crippen LogP contribution in [0.2, 0.25) is 0 Å². The highest BCUT2D eigenvalue weighted by molar-refractivity contribution is 5.88. The average Bonchev–Trinajstić information content (AvgIpc) is 2.67. The molecule has 2 aromatic rings. The van der Waals surface area contributed by atoms with Crippen LogP contribution >= 0.6 is 0 Å². The zero-order valence-electron chi connectivity index (χ0n) is 10.3. The topological polar surface area (TPSA) is 9.23 Å². The zero-order valence-corrected chi connectivity index (χ0v) is 10.3. The summed E-state index contributed by atoms with van der Waals surface area (Å²) < 4.78 is 6.06. The second-order valence-electron chi connectivity index (χ2n) is 5.05. The summed E-state index contributed by atoms with van der Waals surface area (Å²) in [6.07, 6.45) is 0.916. The second kappa shape index (κ2) is 3.36. The molecule has 0 N–H and O–H groups in total. The number of ether oxygens (including phenoxy) is 1. The van der Waals surface area contributed by atoms with Crippen molar-refractivity contribution in [3.8, 4) is 5.75 Å². The lowest BCUT2D eigenvalue weighted by molar-refractivity contribution is 0.157. The van der Waals surface area contributed by atoms with E-state index in [1.807, 2.05) is 6.92 Å². The molecule has 0 radical (unpaired) electrons. The molecule has 1 nitrogen and oxygen atoms in total. The zero-order chi connectivity index (χ0) is 12.0. The Morgan fingerprint density at radius 2 is 2.00 bits per heavy atom. The Labute approximate surface area is 102 Å². The maximum absolute atomic E-state index is 6.06. The first-order valence-corrected chi connectivity index (χ1v) is 5.96. The van der Waals surface area contributed by atoms with Gasteiger partial charge in [0.05, 0.1) is 0 Å². The van der Waals surface area contributed by atoms with Gasteiger partial charge in [0.15, 0.2) is 0 Å². The van der Waals surface area contributed by atoms with Gasteiger partial charge in [-0.05, 0) is 36.3 Å². The fourth-order valence-corrected chi connectivity index (χ4v) is 2.45. The van der Waals surface area contributed by atoms with Crippen molar-refractivity contribution >= 4 is 10.8 Å². The van der Waals surface area contributed by atoms with Gasteiger partial charge < -0.3 is 4.74 Å². The highest BCUT2D eigenvalue weighted by atomic mass is 16.5. The predicted octanol–water partition coefficient (Wildman–Crippen LogP) is 4.11. The van der Waals surface area contributed by atoms with E-state index >= 15 is 0 Å². The maximum Gasteiger partial charge on any atom is 0.131 e. The largest absolute Gasteiger partial charge is 0.483 e. The molecule has 86 valence electrons. The lowest BCUT2D eigenvalue weighted by Gasteiger charge is -2.24. The Bertz CT molecular complexity index is 612. The third-order valence-corrected chi connectivity index (χ3v) is 3.75. The van der Waals surface area contributed by atoms with Gasteiger partial charge in [0.2, 0.25) is 0 Å². The quantitative estimate of drug-likeness (QED) is 0.662. The summed E-state index contributed by atoms with van der Waals surface area (Å²) in [7, 11) is 0. The third kappa shape index (κ3) is 1.46. The first-order chi connectivity index (χ1) is 8.10. The average molecular weight is 224 g/mol. The minimum Gasteiger partial charge on any atom is -0.483 e. The van der Waals surface area contributed by atoms with Gasteiger partial charge in [0.1, 0.15) is 11.4 Å². The molecule has 1 heteroatoms. The summed E-state index contributed by atoms with van der Waals surface area (Å²) in [6.45, 7) is 8.20. The summed E-state index contributed by atoms with van der Waals surface area (Å²) in [5.74, 6) is 1.01. The Kier molecular flexibility index (Phi) is 2.06. The van der Waals surface area contributed by atoms with E-state index in [-0.39, 0.29) is 5.60 Å². The van der Waals surface area contributed by atoms with Crippen LogP contribution in [-0.2, 0) is 6.42 Å². The van der Waals surface area contributed by atoms with Gasteiger partial charge in [-0.25, -0.2) is 0 Å². The molecule has 3 rings (SSSR count). The van der Waals surface area contributed by atoms with E-state index in [0.29, 0.717) is 0 Å². The van der Waals surface area contributed by atoms with Crippen LogP contribution in [-0.4, -0.2) is 5.60 Å². The minimum atomic E-state index is -0.244. The molecule has 0 bridgehead atoms. The molecule has 0 saturated heterocycles. The standard InChI is InChI=1S/C16H16O/c1-11(2)16(3)10-14-13-7-5-4-6-12(13)8-9-15(14)17-16/h4-9H,1,10H2,2-3H3/t16-/m0/s1. The highest BCUT2D eigenvalue weighted by Crippen LogP contribution is 2.41. The van der Waals surface area contributed by atoms with Crippen LogP contribution in [0.1, 0.15) is 19.4 Å². The normalized spacial score (nSPS) is 22.2. The van der Waals surface area contributed by atoms with Crippen LogP contribution in [0.25, 0.3) is 10.8 Å². The van der Waals surface area contributed by atoms with Crippen molar-refractivity contribution in [3.05, 3.63) is 54.1 Å². The highest BCUT2D eigenvalue weighted by Gasteiger charge is 2.36. The van der Waals surface area contributed by atoms with Crippen molar-refractivity contribution in [1.29, 1.82) is 0 Å². The molecule has 2 aromatic carbocycles. The van der Waals surface area contributed by atoms with Crippen LogP contribution < -0.4 is 4.74 Å². The Hall–Kier alpha value is -1.76. The number of rotatable bonds is 1. The van der Waals surface area contributed by atoms with Gasteiger partial charge in [-0.1, -0.05) is 36.9 Å². The summed E-state index contributed by atoms with van der Waals surface area (Å²) in [4.78, 5) is 0. The summed E-state index contributed by atoms with van der Waals surface area (Å²) >= 11 is 0. The fraction of sp³-hybridized carbons (Fsp3) is 0.250. The molecule has 0 fully saturated rings. The number of hydrogen-bond donors (Lipinski definition) is 0.